The largest absolute Gasteiger partial charge is 0.477 e. The van der Waals surface area contributed by atoms with Gasteiger partial charge in [0.2, 0.25) is 11.8 Å². The van der Waals surface area contributed by atoms with Crippen LogP contribution in [0.15, 0.2) is 37.2 Å². The Kier molecular flexibility index (Phi) is 6.97. The Morgan fingerprint density at radius 3 is 2.74 bits per heavy atom. The minimum Gasteiger partial charge on any atom is -0.477 e. The quantitative estimate of drug-likeness (QED) is 0.307. The van der Waals surface area contributed by atoms with Crippen molar-refractivity contribution >= 4 is 56.5 Å². The van der Waals surface area contributed by atoms with Gasteiger partial charge in [-0.3, -0.25) is 14.5 Å². The molecule has 0 unspecified atom stereocenters. The zero-order valence-corrected chi connectivity index (χ0v) is 20.5. The summed E-state index contributed by atoms with van der Waals surface area (Å²) in [5.74, 6) is 0.183. The van der Waals surface area contributed by atoms with Gasteiger partial charge in [-0.2, -0.15) is 0 Å². The Bertz CT molecular complexity index is 1320. The van der Waals surface area contributed by atoms with E-state index in [-0.39, 0.29) is 24.9 Å². The summed E-state index contributed by atoms with van der Waals surface area (Å²) in [6.45, 7) is 10.4. The Morgan fingerprint density at radius 1 is 1.26 bits per heavy atom. The standard InChI is InChI=1S/C24H26N6O4S/c1-5-17(31)25-8-9-26-22(32)21-20-19-15(6-7-27-23(19)35-21)30(24(33)29-20)16-11-28-18(10-14(16)4)34-12-13(2)3/h5-7,10-11,13H,1,8-9,12H2,2-4H3,(H,25,31)(H,26,32)(H,29,33). The number of hydrogen-bond acceptors (Lipinski definition) is 7. The van der Waals surface area contributed by atoms with E-state index in [0.29, 0.717) is 50.6 Å². The number of hydrogen-bond donors (Lipinski definition) is 3. The first kappa shape index (κ1) is 24.1. The van der Waals surface area contributed by atoms with Crippen LogP contribution < -0.4 is 25.6 Å². The third kappa shape index (κ3) is 4.94. The predicted octanol–water partition coefficient (Wildman–Crippen LogP) is 3.75. The zero-order chi connectivity index (χ0) is 25.1. The van der Waals surface area contributed by atoms with Crippen LogP contribution in [0.5, 0.6) is 5.88 Å². The molecule has 4 rings (SSSR count). The first-order chi connectivity index (χ1) is 16.8. The lowest BCUT2D eigenvalue weighted by atomic mass is 10.1. The van der Waals surface area contributed by atoms with Crippen LogP contribution in [0.1, 0.15) is 29.1 Å². The molecule has 0 radical (unpaired) electrons. The number of amides is 4. The van der Waals surface area contributed by atoms with Gasteiger partial charge in [-0.1, -0.05) is 20.4 Å². The van der Waals surface area contributed by atoms with E-state index in [4.69, 9.17) is 4.74 Å². The molecule has 0 aliphatic carbocycles. The Morgan fingerprint density at radius 2 is 2.03 bits per heavy atom. The summed E-state index contributed by atoms with van der Waals surface area (Å²) in [5, 5.41) is 8.89. The molecule has 3 aromatic heterocycles. The van der Waals surface area contributed by atoms with Crippen molar-refractivity contribution in [1.29, 1.82) is 0 Å². The molecule has 3 aromatic rings. The number of nitrogens with one attached hydrogen (secondary N) is 3. The second-order valence-corrected chi connectivity index (χ2v) is 9.35. The fourth-order valence-corrected chi connectivity index (χ4v) is 4.62. The summed E-state index contributed by atoms with van der Waals surface area (Å²) in [6, 6.07) is 3.14. The molecular weight excluding hydrogens is 468 g/mol. The highest BCUT2D eigenvalue weighted by Gasteiger charge is 2.33. The summed E-state index contributed by atoms with van der Waals surface area (Å²) in [4.78, 5) is 48.6. The van der Waals surface area contributed by atoms with Crippen molar-refractivity contribution in [3.8, 4) is 5.88 Å². The SMILES string of the molecule is C=CC(=O)NCCNC(=O)c1sc2nccc3c2c1NC(=O)N3c1cnc(OCC(C)C)cc1C. The summed E-state index contributed by atoms with van der Waals surface area (Å²) in [6.07, 6.45) is 4.38. The van der Waals surface area contributed by atoms with Crippen LogP contribution in [0.25, 0.3) is 10.2 Å². The van der Waals surface area contributed by atoms with Crippen molar-refractivity contribution in [3.63, 3.8) is 0 Å². The molecule has 0 spiro atoms. The maximum atomic E-state index is 13.2. The van der Waals surface area contributed by atoms with Crippen molar-refractivity contribution in [1.82, 2.24) is 20.6 Å². The number of thiophene rings is 1. The maximum absolute atomic E-state index is 13.2. The van der Waals surface area contributed by atoms with Gasteiger partial charge >= 0.3 is 6.03 Å². The lowest BCUT2D eigenvalue weighted by molar-refractivity contribution is -0.116. The summed E-state index contributed by atoms with van der Waals surface area (Å²) in [5.41, 5.74) is 2.46. The van der Waals surface area contributed by atoms with Gasteiger partial charge in [0, 0.05) is 25.4 Å². The van der Waals surface area contributed by atoms with Crippen molar-refractivity contribution in [2.24, 2.45) is 5.92 Å². The Hall–Kier alpha value is -3.99. The molecule has 0 fully saturated rings. The van der Waals surface area contributed by atoms with E-state index in [0.717, 1.165) is 11.6 Å². The van der Waals surface area contributed by atoms with Gasteiger partial charge in [0.1, 0.15) is 9.71 Å². The first-order valence-corrected chi connectivity index (χ1v) is 11.9. The molecule has 1 aliphatic heterocycles. The maximum Gasteiger partial charge on any atom is 0.331 e. The molecule has 0 bridgehead atoms. The van der Waals surface area contributed by atoms with Crippen LogP contribution in [0.3, 0.4) is 0 Å². The molecular formula is C24H26N6O4S. The molecule has 11 heteroatoms. The minimum atomic E-state index is -0.406. The van der Waals surface area contributed by atoms with Crippen LogP contribution in [-0.2, 0) is 4.79 Å². The second-order valence-electron chi connectivity index (χ2n) is 8.35. The average molecular weight is 495 g/mol. The van der Waals surface area contributed by atoms with Crippen molar-refractivity contribution in [3.05, 3.63) is 47.6 Å². The molecule has 4 amide bonds. The van der Waals surface area contributed by atoms with Gasteiger partial charge in [0.25, 0.3) is 5.91 Å². The minimum absolute atomic E-state index is 0.225. The molecule has 35 heavy (non-hydrogen) atoms. The van der Waals surface area contributed by atoms with Crippen LogP contribution in [-0.4, -0.2) is 47.5 Å². The van der Waals surface area contributed by atoms with E-state index in [9.17, 15) is 14.4 Å². The molecule has 0 saturated carbocycles. The third-order valence-electron chi connectivity index (χ3n) is 5.21. The fourth-order valence-electron chi connectivity index (χ4n) is 3.59. The molecule has 4 heterocycles. The van der Waals surface area contributed by atoms with Gasteiger partial charge < -0.3 is 20.7 Å². The van der Waals surface area contributed by atoms with Crippen LogP contribution in [0.4, 0.5) is 21.9 Å². The lowest BCUT2D eigenvalue weighted by Gasteiger charge is -2.29. The number of carbonyl (C=O) groups is 3. The van der Waals surface area contributed by atoms with Gasteiger partial charge in [-0.25, -0.2) is 14.8 Å². The van der Waals surface area contributed by atoms with E-state index in [2.05, 4.69) is 46.3 Å². The monoisotopic (exact) mass is 494 g/mol. The number of aromatic nitrogens is 2. The number of pyridine rings is 2. The summed E-state index contributed by atoms with van der Waals surface area (Å²) >= 11 is 1.19. The van der Waals surface area contributed by atoms with Gasteiger partial charge in [0.15, 0.2) is 0 Å². The molecule has 0 saturated heterocycles. The number of anilines is 3. The zero-order valence-electron chi connectivity index (χ0n) is 19.7. The van der Waals surface area contributed by atoms with Crippen molar-refractivity contribution in [2.75, 3.05) is 29.9 Å². The van der Waals surface area contributed by atoms with Gasteiger partial charge in [0.05, 0.1) is 35.3 Å². The van der Waals surface area contributed by atoms with Gasteiger partial charge in [-0.15, -0.1) is 11.3 Å². The smallest absolute Gasteiger partial charge is 0.331 e. The van der Waals surface area contributed by atoms with E-state index in [1.165, 1.54) is 16.2 Å². The van der Waals surface area contributed by atoms with Crippen LogP contribution in [0, 0.1) is 12.8 Å². The highest BCUT2D eigenvalue weighted by molar-refractivity contribution is 7.21. The molecule has 10 nitrogen and oxygen atoms in total. The number of nitrogens with zero attached hydrogens (tertiary/aromatic N) is 3. The Balaban J connectivity index is 1.63. The van der Waals surface area contributed by atoms with Crippen molar-refractivity contribution in [2.45, 2.75) is 20.8 Å². The number of carbonyl (C=O) groups excluding carboxylic acids is 3. The highest BCUT2D eigenvalue weighted by Crippen LogP contribution is 2.46. The van der Waals surface area contributed by atoms with Crippen molar-refractivity contribution < 1.29 is 19.1 Å². The molecule has 1 aliphatic rings. The topological polar surface area (TPSA) is 126 Å². The number of rotatable bonds is 9. The lowest BCUT2D eigenvalue weighted by Crippen LogP contribution is -2.36. The fraction of sp³-hybridized carbons (Fsp3) is 0.292. The van der Waals surface area contributed by atoms with Crippen LogP contribution >= 0.6 is 11.3 Å². The summed E-state index contributed by atoms with van der Waals surface area (Å²) < 4.78 is 5.71. The molecule has 0 atom stereocenters. The van der Waals surface area contributed by atoms with Gasteiger partial charge in [-0.05, 0) is 30.5 Å². The molecule has 182 valence electrons. The normalized spacial score (nSPS) is 12.5. The van der Waals surface area contributed by atoms with Crippen LogP contribution in [0.2, 0.25) is 0 Å². The predicted molar refractivity (Wildman–Crippen MR) is 136 cm³/mol. The highest BCUT2D eigenvalue weighted by atomic mass is 32.1. The van der Waals surface area contributed by atoms with E-state index in [1.54, 1.807) is 24.5 Å². The second kappa shape index (κ2) is 10.1. The number of aryl methyl sites for hydroxylation is 1. The van der Waals surface area contributed by atoms with E-state index < -0.39 is 6.03 Å². The van der Waals surface area contributed by atoms with E-state index in [1.807, 2.05) is 6.92 Å². The first-order valence-electron chi connectivity index (χ1n) is 11.1. The Labute approximate surface area is 206 Å². The summed E-state index contributed by atoms with van der Waals surface area (Å²) in [7, 11) is 0. The molecule has 0 aromatic carbocycles. The molecule has 3 N–H and O–H groups in total. The van der Waals surface area contributed by atoms with E-state index >= 15 is 0 Å². The number of ether oxygens (including phenoxy) is 1. The third-order valence-corrected chi connectivity index (χ3v) is 6.31. The number of urea groups is 1. The average Bonchev–Trinajstić information content (AvgIpc) is 3.20.